The summed E-state index contributed by atoms with van der Waals surface area (Å²) < 4.78 is 13.3. The summed E-state index contributed by atoms with van der Waals surface area (Å²) in [5.41, 5.74) is 6.48. The van der Waals surface area contributed by atoms with Crippen LogP contribution in [0.4, 0.5) is 4.39 Å². The van der Waals surface area contributed by atoms with Gasteiger partial charge in [-0.25, -0.2) is 4.39 Å². The maximum absolute atomic E-state index is 13.1. The summed E-state index contributed by atoms with van der Waals surface area (Å²) >= 11 is 3.99. The van der Waals surface area contributed by atoms with Gasteiger partial charge < -0.3 is 11.1 Å². The van der Waals surface area contributed by atoms with Gasteiger partial charge in [0.25, 0.3) is 0 Å². The van der Waals surface area contributed by atoms with E-state index in [9.17, 15) is 14.0 Å². The van der Waals surface area contributed by atoms with Gasteiger partial charge in [0.15, 0.2) is 0 Å². The molecule has 4 saturated carbocycles. The molecule has 6 heteroatoms. The molecule has 4 fully saturated rings. The van der Waals surface area contributed by atoms with E-state index in [4.69, 9.17) is 5.73 Å². The zero-order chi connectivity index (χ0) is 19.9. The average Bonchev–Trinajstić information content (AvgIpc) is 2.57. The summed E-state index contributed by atoms with van der Waals surface area (Å²) in [6.45, 7) is 0.230. The number of benzene rings is 1. The predicted molar refractivity (Wildman–Crippen MR) is 109 cm³/mol. The molecule has 4 nitrogen and oxygen atoms in total. The van der Waals surface area contributed by atoms with E-state index in [0.29, 0.717) is 12.8 Å². The number of carbonyl (C=O) groups excluding carboxylic acids is 2. The standard InChI is InChI=1S/C22H28BrFN2O2/c23-22-9-15-5-16(10-22)8-21(7-15,13-22)11-19(27)26-12-17(20(25)28)6-14-1-3-18(24)4-2-14/h1-4,15-17H,5-13H2,(H2,25,28)(H,26,27). The van der Waals surface area contributed by atoms with Gasteiger partial charge >= 0.3 is 0 Å². The van der Waals surface area contributed by atoms with E-state index >= 15 is 0 Å². The number of primary amides is 1. The minimum absolute atomic E-state index is 0.0170. The van der Waals surface area contributed by atoms with Crippen LogP contribution < -0.4 is 11.1 Å². The number of amides is 2. The first-order valence-electron chi connectivity index (χ1n) is 10.2. The topological polar surface area (TPSA) is 72.2 Å². The third-order valence-corrected chi connectivity index (χ3v) is 7.92. The first-order chi connectivity index (χ1) is 13.2. The molecule has 1 aromatic rings. The summed E-state index contributed by atoms with van der Waals surface area (Å²) in [6.07, 6.45) is 8.12. The van der Waals surface area contributed by atoms with Gasteiger partial charge in [0, 0.05) is 17.3 Å². The summed E-state index contributed by atoms with van der Waals surface area (Å²) in [5, 5.41) is 2.95. The Labute approximate surface area is 173 Å². The molecule has 0 aliphatic heterocycles. The number of alkyl halides is 1. The largest absolute Gasteiger partial charge is 0.369 e. The molecule has 3 N–H and O–H groups in total. The van der Waals surface area contributed by atoms with Gasteiger partial charge in [0.2, 0.25) is 11.8 Å². The second kappa shape index (κ2) is 7.43. The third-order valence-electron chi connectivity index (χ3n) is 6.99. The predicted octanol–water partition coefficient (Wildman–Crippen LogP) is 3.71. The van der Waals surface area contributed by atoms with Crippen molar-refractivity contribution < 1.29 is 14.0 Å². The molecule has 1 aromatic carbocycles. The minimum atomic E-state index is -0.492. The van der Waals surface area contributed by atoms with E-state index in [1.165, 1.54) is 31.4 Å². The van der Waals surface area contributed by atoms with E-state index in [-0.39, 0.29) is 28.0 Å². The molecule has 2 amide bonds. The highest BCUT2D eigenvalue weighted by Crippen LogP contribution is 2.65. The molecule has 28 heavy (non-hydrogen) atoms. The summed E-state index contributed by atoms with van der Waals surface area (Å²) in [7, 11) is 0. The van der Waals surface area contributed by atoms with Crippen LogP contribution in [0.2, 0.25) is 0 Å². The Morgan fingerprint density at radius 1 is 1.18 bits per heavy atom. The lowest BCUT2D eigenvalue weighted by Gasteiger charge is -2.60. The van der Waals surface area contributed by atoms with Crippen LogP contribution in [0.25, 0.3) is 0 Å². The van der Waals surface area contributed by atoms with Gasteiger partial charge in [-0.15, -0.1) is 0 Å². The molecule has 4 bridgehead atoms. The van der Waals surface area contributed by atoms with Gasteiger partial charge in [0.1, 0.15) is 5.82 Å². The summed E-state index contributed by atoms with van der Waals surface area (Å²) in [5.74, 6) is 0.249. The fourth-order valence-electron chi connectivity index (χ4n) is 6.36. The van der Waals surface area contributed by atoms with Crippen LogP contribution in [-0.2, 0) is 16.0 Å². The Kier molecular flexibility index (Phi) is 5.27. The SMILES string of the molecule is NC(=O)C(CNC(=O)CC12CC3CC(CC(Br)(C3)C1)C2)Cc1ccc(F)cc1. The lowest BCUT2D eigenvalue weighted by molar-refractivity contribution is -0.128. The van der Waals surface area contributed by atoms with Crippen LogP contribution in [0.5, 0.6) is 0 Å². The van der Waals surface area contributed by atoms with Gasteiger partial charge in [-0.05, 0) is 79.9 Å². The Hall–Kier alpha value is -1.43. The molecule has 0 heterocycles. The van der Waals surface area contributed by atoms with Gasteiger partial charge in [0.05, 0.1) is 5.92 Å². The minimum Gasteiger partial charge on any atom is -0.369 e. The van der Waals surface area contributed by atoms with Crippen molar-refractivity contribution in [2.45, 2.75) is 55.7 Å². The van der Waals surface area contributed by atoms with Crippen LogP contribution >= 0.6 is 15.9 Å². The van der Waals surface area contributed by atoms with Crippen LogP contribution in [-0.4, -0.2) is 22.7 Å². The van der Waals surface area contributed by atoms with Gasteiger partial charge in [-0.3, -0.25) is 9.59 Å². The lowest BCUT2D eigenvalue weighted by Crippen LogP contribution is -2.54. The fourth-order valence-corrected chi connectivity index (χ4v) is 7.87. The number of nitrogens with two attached hydrogens (primary N) is 1. The third kappa shape index (κ3) is 4.27. The Bertz CT molecular complexity index is 752. The zero-order valence-electron chi connectivity index (χ0n) is 16.1. The van der Waals surface area contributed by atoms with Crippen LogP contribution in [0.3, 0.4) is 0 Å². The van der Waals surface area contributed by atoms with E-state index in [2.05, 4.69) is 21.2 Å². The Balaban J connectivity index is 1.34. The van der Waals surface area contributed by atoms with Crippen molar-refractivity contribution in [3.8, 4) is 0 Å². The summed E-state index contributed by atoms with van der Waals surface area (Å²) in [6, 6.07) is 6.04. The first-order valence-corrected chi connectivity index (χ1v) is 11.0. The zero-order valence-corrected chi connectivity index (χ0v) is 17.6. The monoisotopic (exact) mass is 450 g/mol. The molecule has 0 spiro atoms. The molecular weight excluding hydrogens is 423 g/mol. The number of hydrogen-bond acceptors (Lipinski definition) is 2. The van der Waals surface area contributed by atoms with E-state index < -0.39 is 11.8 Å². The number of carbonyl (C=O) groups is 2. The summed E-state index contributed by atoms with van der Waals surface area (Å²) in [4.78, 5) is 24.6. The molecule has 152 valence electrons. The van der Waals surface area contributed by atoms with Crippen molar-refractivity contribution >= 4 is 27.7 Å². The number of halogens is 2. The number of hydrogen-bond donors (Lipinski definition) is 2. The van der Waals surface area contributed by atoms with E-state index in [1.54, 1.807) is 12.1 Å². The van der Waals surface area contributed by atoms with Crippen LogP contribution in [0, 0.1) is 29.0 Å². The molecule has 4 aliphatic rings. The van der Waals surface area contributed by atoms with Crippen molar-refractivity contribution in [3.63, 3.8) is 0 Å². The Morgan fingerprint density at radius 3 is 2.39 bits per heavy atom. The van der Waals surface area contributed by atoms with E-state index in [1.807, 2.05) is 0 Å². The highest BCUT2D eigenvalue weighted by atomic mass is 79.9. The highest BCUT2D eigenvalue weighted by Gasteiger charge is 2.57. The highest BCUT2D eigenvalue weighted by molar-refractivity contribution is 9.10. The number of rotatable bonds is 7. The molecule has 0 aromatic heterocycles. The molecule has 0 radical (unpaired) electrons. The van der Waals surface area contributed by atoms with E-state index in [0.717, 1.165) is 36.7 Å². The fraction of sp³-hybridized carbons (Fsp3) is 0.636. The average molecular weight is 451 g/mol. The molecular formula is C22H28BrFN2O2. The normalized spacial score (nSPS) is 34.2. The van der Waals surface area contributed by atoms with Crippen molar-refractivity contribution in [1.82, 2.24) is 5.32 Å². The van der Waals surface area contributed by atoms with Gasteiger partial charge in [-0.1, -0.05) is 28.1 Å². The van der Waals surface area contributed by atoms with Crippen molar-refractivity contribution in [2.75, 3.05) is 6.54 Å². The van der Waals surface area contributed by atoms with Crippen molar-refractivity contribution in [3.05, 3.63) is 35.6 Å². The van der Waals surface area contributed by atoms with Crippen molar-refractivity contribution in [2.24, 2.45) is 28.9 Å². The van der Waals surface area contributed by atoms with Gasteiger partial charge in [-0.2, -0.15) is 0 Å². The first kappa shape index (κ1) is 19.9. The lowest BCUT2D eigenvalue weighted by atomic mass is 9.48. The van der Waals surface area contributed by atoms with Crippen LogP contribution in [0.1, 0.15) is 50.5 Å². The maximum Gasteiger partial charge on any atom is 0.222 e. The Morgan fingerprint density at radius 2 is 1.82 bits per heavy atom. The van der Waals surface area contributed by atoms with Crippen LogP contribution in [0.15, 0.2) is 24.3 Å². The second-order valence-electron chi connectivity index (χ2n) is 9.52. The molecule has 5 rings (SSSR count). The maximum atomic E-state index is 13.1. The number of nitrogens with one attached hydrogen (secondary N) is 1. The molecule has 3 unspecified atom stereocenters. The quantitative estimate of drug-likeness (QED) is 0.621. The molecule has 0 saturated heterocycles. The molecule has 3 atom stereocenters. The van der Waals surface area contributed by atoms with Crippen molar-refractivity contribution in [1.29, 1.82) is 0 Å². The second-order valence-corrected chi connectivity index (χ2v) is 11.2. The smallest absolute Gasteiger partial charge is 0.222 e. The molecule has 4 aliphatic carbocycles.